The van der Waals surface area contributed by atoms with Gasteiger partial charge >= 0.3 is 39.5 Å². The third kappa shape index (κ3) is 66.5. The van der Waals surface area contributed by atoms with Crippen LogP contribution in [0, 0.1) is 0 Å². The van der Waals surface area contributed by atoms with E-state index in [1.54, 1.807) is 0 Å². The van der Waals surface area contributed by atoms with E-state index in [-0.39, 0.29) is 25.7 Å². The summed E-state index contributed by atoms with van der Waals surface area (Å²) in [6.45, 7) is 4.93. The van der Waals surface area contributed by atoms with Crippen molar-refractivity contribution in [1.82, 2.24) is 0 Å². The average molecular weight is 1340 g/mol. The zero-order valence-electron chi connectivity index (χ0n) is 58.8. The molecule has 19 heteroatoms. The lowest BCUT2D eigenvalue weighted by molar-refractivity contribution is -0.161. The van der Waals surface area contributed by atoms with Crippen molar-refractivity contribution in [2.75, 3.05) is 39.6 Å². The smallest absolute Gasteiger partial charge is 0.462 e. The summed E-state index contributed by atoms with van der Waals surface area (Å²) in [5.74, 6) is -2.12. The molecule has 540 valence electrons. The normalized spacial score (nSPS) is 14.0. The van der Waals surface area contributed by atoms with Crippen LogP contribution in [0.4, 0.5) is 0 Å². The quantitative estimate of drug-likeness (QED) is 0.0222. The van der Waals surface area contributed by atoms with Crippen LogP contribution in [0.1, 0.15) is 381 Å². The minimum atomic E-state index is -4.95. The molecular formula is C72H140O17P2. The molecule has 0 spiro atoms. The average Bonchev–Trinajstić information content (AvgIpc) is 3.69. The summed E-state index contributed by atoms with van der Waals surface area (Å²) in [4.78, 5) is 72.5. The lowest BCUT2D eigenvalue weighted by atomic mass is 10.0. The molecule has 0 aromatic heterocycles. The molecule has 0 fully saturated rings. The molecule has 2 unspecified atom stereocenters. The molecule has 0 rings (SSSR count). The van der Waals surface area contributed by atoms with Gasteiger partial charge in [-0.25, -0.2) is 9.13 Å². The second-order valence-corrected chi connectivity index (χ2v) is 28.9. The summed E-state index contributed by atoms with van der Waals surface area (Å²) in [6, 6.07) is 0. The highest BCUT2D eigenvalue weighted by atomic mass is 31.2. The molecule has 0 aromatic carbocycles. The molecule has 0 aliphatic carbocycles. The standard InChI is InChI=1S/C72H140O17P2/c1-5-9-13-17-21-24-27-30-33-36-38-41-45-49-53-57-70(75)83-63-68(89-72(77)59-55-51-47-43-40-37-34-31-28-25-22-18-14-10-6-2)65-87-91(80,81)85-61-66(73)60-84-90(78,79)86-64-67(62-82-69(74)56-52-48-44-20-16-12-8-4)88-71(76)58-54-50-46-42-39-35-32-29-26-23-19-15-11-7-3/h66-68,73H,5-65H2,1-4H3,(H,78,79)(H,80,81)/t66-,67+,68+/m0/s1. The van der Waals surface area contributed by atoms with Crippen molar-refractivity contribution in [1.29, 1.82) is 0 Å². The fourth-order valence-corrected chi connectivity index (χ4v) is 12.6. The van der Waals surface area contributed by atoms with Crippen molar-refractivity contribution in [3.8, 4) is 0 Å². The Morgan fingerprint density at radius 2 is 0.440 bits per heavy atom. The second kappa shape index (κ2) is 66.7. The van der Waals surface area contributed by atoms with Crippen LogP contribution in [0.3, 0.4) is 0 Å². The number of unbranched alkanes of at least 4 members (excludes halogenated alkanes) is 47. The molecule has 0 bridgehead atoms. The van der Waals surface area contributed by atoms with Gasteiger partial charge in [0.05, 0.1) is 26.4 Å². The van der Waals surface area contributed by atoms with Gasteiger partial charge in [0.2, 0.25) is 0 Å². The van der Waals surface area contributed by atoms with E-state index < -0.39 is 97.5 Å². The maximum Gasteiger partial charge on any atom is 0.472 e. The van der Waals surface area contributed by atoms with Gasteiger partial charge in [-0.05, 0) is 25.7 Å². The van der Waals surface area contributed by atoms with Gasteiger partial charge in [0.1, 0.15) is 19.3 Å². The van der Waals surface area contributed by atoms with Gasteiger partial charge in [0.15, 0.2) is 12.2 Å². The zero-order valence-corrected chi connectivity index (χ0v) is 60.6. The highest BCUT2D eigenvalue weighted by Gasteiger charge is 2.30. The summed E-state index contributed by atoms with van der Waals surface area (Å²) in [5.41, 5.74) is 0. The Morgan fingerprint density at radius 1 is 0.264 bits per heavy atom. The van der Waals surface area contributed by atoms with E-state index in [9.17, 15) is 43.2 Å². The van der Waals surface area contributed by atoms with E-state index in [2.05, 4.69) is 27.7 Å². The summed E-state index contributed by atoms with van der Waals surface area (Å²) < 4.78 is 68.3. The van der Waals surface area contributed by atoms with Gasteiger partial charge in [-0.2, -0.15) is 0 Å². The lowest BCUT2D eigenvalue weighted by Gasteiger charge is -2.21. The molecule has 0 radical (unpaired) electrons. The molecule has 0 aliphatic rings. The second-order valence-electron chi connectivity index (χ2n) is 26.0. The van der Waals surface area contributed by atoms with E-state index in [1.165, 1.54) is 199 Å². The number of rotatable bonds is 73. The first-order valence-electron chi connectivity index (χ1n) is 37.8. The van der Waals surface area contributed by atoms with Crippen molar-refractivity contribution in [2.45, 2.75) is 399 Å². The van der Waals surface area contributed by atoms with Gasteiger partial charge in [-0.1, -0.05) is 329 Å². The monoisotopic (exact) mass is 1340 g/mol. The molecule has 0 saturated carbocycles. The van der Waals surface area contributed by atoms with Crippen molar-refractivity contribution in [2.24, 2.45) is 0 Å². The van der Waals surface area contributed by atoms with Gasteiger partial charge in [0, 0.05) is 25.7 Å². The summed E-state index contributed by atoms with van der Waals surface area (Å²) in [7, 11) is -9.90. The van der Waals surface area contributed by atoms with Gasteiger partial charge < -0.3 is 33.8 Å². The number of carbonyl (C=O) groups is 4. The lowest BCUT2D eigenvalue weighted by Crippen LogP contribution is -2.30. The number of esters is 4. The van der Waals surface area contributed by atoms with Crippen LogP contribution < -0.4 is 0 Å². The van der Waals surface area contributed by atoms with Crippen LogP contribution >= 0.6 is 15.6 Å². The number of phosphoric ester groups is 2. The van der Waals surface area contributed by atoms with Crippen LogP contribution in [0.25, 0.3) is 0 Å². The Kier molecular flexibility index (Phi) is 65.2. The molecule has 0 amide bonds. The predicted octanol–water partition coefficient (Wildman–Crippen LogP) is 21.1. The van der Waals surface area contributed by atoms with E-state index in [0.29, 0.717) is 25.7 Å². The van der Waals surface area contributed by atoms with Gasteiger partial charge in [-0.3, -0.25) is 37.3 Å². The van der Waals surface area contributed by atoms with Crippen LogP contribution in [0.2, 0.25) is 0 Å². The Hall–Kier alpha value is -1.94. The molecule has 0 saturated heterocycles. The highest BCUT2D eigenvalue weighted by molar-refractivity contribution is 7.47. The highest BCUT2D eigenvalue weighted by Crippen LogP contribution is 2.45. The molecule has 0 aromatic rings. The molecule has 0 aliphatic heterocycles. The maximum atomic E-state index is 13.0. The number of ether oxygens (including phenoxy) is 4. The predicted molar refractivity (Wildman–Crippen MR) is 368 cm³/mol. The summed E-state index contributed by atoms with van der Waals surface area (Å²) >= 11 is 0. The van der Waals surface area contributed by atoms with Crippen LogP contribution in [-0.2, 0) is 65.4 Å². The largest absolute Gasteiger partial charge is 0.472 e. The van der Waals surface area contributed by atoms with Gasteiger partial charge in [-0.15, -0.1) is 0 Å². The first-order chi connectivity index (χ1) is 44.2. The molecule has 91 heavy (non-hydrogen) atoms. The minimum Gasteiger partial charge on any atom is -0.462 e. The first-order valence-corrected chi connectivity index (χ1v) is 40.8. The number of carbonyl (C=O) groups excluding carboxylic acids is 4. The fourth-order valence-electron chi connectivity index (χ4n) is 11.0. The number of aliphatic hydroxyl groups excluding tert-OH is 1. The van der Waals surface area contributed by atoms with E-state index in [4.69, 9.17) is 37.0 Å². The Labute approximate surface area is 556 Å². The minimum absolute atomic E-state index is 0.108. The van der Waals surface area contributed by atoms with E-state index in [0.717, 1.165) is 103 Å². The summed E-state index contributed by atoms with van der Waals surface area (Å²) in [5, 5.41) is 10.6. The molecule has 3 N–H and O–H groups in total. The third-order valence-corrected chi connectivity index (χ3v) is 18.8. The number of hydrogen-bond donors (Lipinski definition) is 3. The first kappa shape index (κ1) is 89.1. The Morgan fingerprint density at radius 3 is 0.648 bits per heavy atom. The Balaban J connectivity index is 5.20. The van der Waals surface area contributed by atoms with E-state index >= 15 is 0 Å². The summed E-state index contributed by atoms with van der Waals surface area (Å²) in [6.07, 6.45) is 55.5. The maximum absolute atomic E-state index is 13.0. The number of phosphoric acid groups is 2. The van der Waals surface area contributed by atoms with Crippen LogP contribution in [0.15, 0.2) is 0 Å². The van der Waals surface area contributed by atoms with Crippen molar-refractivity contribution < 1.29 is 80.2 Å². The van der Waals surface area contributed by atoms with Crippen molar-refractivity contribution >= 4 is 39.5 Å². The van der Waals surface area contributed by atoms with E-state index in [1.807, 2.05) is 0 Å². The third-order valence-electron chi connectivity index (χ3n) is 16.9. The Bertz CT molecular complexity index is 1740. The fraction of sp³-hybridized carbons (Fsp3) is 0.944. The topological polar surface area (TPSA) is 237 Å². The molecular weight excluding hydrogens is 1200 g/mol. The van der Waals surface area contributed by atoms with Crippen LogP contribution in [-0.4, -0.2) is 96.7 Å². The van der Waals surface area contributed by atoms with Gasteiger partial charge in [0.25, 0.3) is 0 Å². The number of hydrogen-bond acceptors (Lipinski definition) is 15. The zero-order chi connectivity index (χ0) is 66.8. The molecule has 17 nitrogen and oxygen atoms in total. The van der Waals surface area contributed by atoms with Crippen molar-refractivity contribution in [3.63, 3.8) is 0 Å². The van der Waals surface area contributed by atoms with Crippen molar-refractivity contribution in [3.05, 3.63) is 0 Å². The molecule has 0 heterocycles. The molecule has 5 atom stereocenters. The SMILES string of the molecule is CCCCCCCCCCCCCCCCCC(=O)OC[C@H](COP(=O)(O)OC[C@@H](O)COP(=O)(O)OC[C@@H](COC(=O)CCCCCCCCC)OC(=O)CCCCCCCCCCCCCCCC)OC(=O)CCCCCCCCCCCCCCCCC. The van der Waals surface area contributed by atoms with Crippen LogP contribution in [0.5, 0.6) is 0 Å². The number of aliphatic hydroxyl groups is 1.